The van der Waals surface area contributed by atoms with Crippen LogP contribution in [0.3, 0.4) is 0 Å². The Morgan fingerprint density at radius 2 is 1.90 bits per heavy atom. The monoisotopic (exact) mass is 287 g/mol. The van der Waals surface area contributed by atoms with E-state index in [1.54, 1.807) is 6.20 Å². The van der Waals surface area contributed by atoms with Crippen LogP contribution in [0.25, 0.3) is 10.9 Å². The van der Waals surface area contributed by atoms with E-state index in [9.17, 15) is 9.90 Å². The van der Waals surface area contributed by atoms with Gasteiger partial charge in [0.25, 0.3) is 0 Å². The van der Waals surface area contributed by atoms with Gasteiger partial charge in [0.1, 0.15) is 0 Å². The van der Waals surface area contributed by atoms with Gasteiger partial charge in [-0.1, -0.05) is 6.07 Å². The third-order valence-corrected chi connectivity index (χ3v) is 4.29. The van der Waals surface area contributed by atoms with E-state index in [4.69, 9.17) is 0 Å². The Kier molecular flexibility index (Phi) is 3.69. The summed E-state index contributed by atoms with van der Waals surface area (Å²) in [6.07, 6.45) is 1.69. The second-order valence-electron chi connectivity index (χ2n) is 5.89. The van der Waals surface area contributed by atoms with Crippen LogP contribution in [-0.2, 0) is 13.6 Å². The molecule has 112 valence electrons. The topological polar surface area (TPSA) is 48.7 Å². The lowest BCUT2D eigenvalue weighted by molar-refractivity contribution is 0.0699. The number of fused-ring (bicyclic) bond motifs is 1. The molecular weight excluding hydrogens is 266 g/mol. The van der Waals surface area contributed by atoms with Crippen molar-refractivity contribution in [2.24, 2.45) is 7.05 Å². The van der Waals surface area contributed by atoms with Crippen molar-refractivity contribution in [3.8, 4) is 0 Å². The Hall–Kier alpha value is -1.85. The molecule has 21 heavy (non-hydrogen) atoms. The summed E-state index contributed by atoms with van der Waals surface area (Å²) in [6, 6.07) is 6.15. The van der Waals surface area contributed by atoms with Crippen molar-refractivity contribution < 1.29 is 9.90 Å². The van der Waals surface area contributed by atoms with Crippen LogP contribution in [0.4, 0.5) is 0 Å². The maximum absolute atomic E-state index is 11.3. The molecule has 0 amide bonds. The lowest BCUT2D eigenvalue weighted by atomic mass is 10.1. The number of hydrogen-bond donors (Lipinski definition) is 1. The molecule has 1 aromatic heterocycles. The standard InChI is InChI=1S/C16H21N3O2/c1-17-5-7-19(8-6-17)10-12-3-4-15-13(9-12)14(16(20)21)11-18(15)2/h3-4,9,11H,5-8,10H2,1-2H3,(H,20,21). The van der Waals surface area contributed by atoms with E-state index < -0.39 is 5.97 Å². The summed E-state index contributed by atoms with van der Waals surface area (Å²) in [4.78, 5) is 16.1. The average Bonchev–Trinajstić information content (AvgIpc) is 2.79. The summed E-state index contributed by atoms with van der Waals surface area (Å²) in [5.74, 6) is -0.864. The Labute approximate surface area is 124 Å². The van der Waals surface area contributed by atoms with Crippen LogP contribution >= 0.6 is 0 Å². The zero-order valence-corrected chi connectivity index (χ0v) is 12.5. The van der Waals surface area contributed by atoms with E-state index in [-0.39, 0.29) is 0 Å². The highest BCUT2D eigenvalue weighted by Gasteiger charge is 2.16. The van der Waals surface area contributed by atoms with Crippen molar-refractivity contribution >= 4 is 16.9 Å². The summed E-state index contributed by atoms with van der Waals surface area (Å²) in [6.45, 7) is 5.20. The first-order valence-corrected chi connectivity index (χ1v) is 7.27. The minimum atomic E-state index is -0.864. The molecule has 0 unspecified atom stereocenters. The van der Waals surface area contributed by atoms with Crippen molar-refractivity contribution in [1.29, 1.82) is 0 Å². The fourth-order valence-electron chi connectivity index (χ4n) is 2.97. The Bertz CT molecular complexity index is 669. The fraction of sp³-hybridized carbons (Fsp3) is 0.438. The van der Waals surface area contributed by atoms with Crippen molar-refractivity contribution in [2.45, 2.75) is 6.54 Å². The molecule has 1 saturated heterocycles. The number of benzene rings is 1. The number of carboxylic acid groups (broad SMARTS) is 1. The molecule has 2 aromatic rings. The number of aryl methyl sites for hydroxylation is 1. The molecule has 1 aliphatic rings. The lowest BCUT2D eigenvalue weighted by Crippen LogP contribution is -2.43. The number of aromatic carboxylic acids is 1. The number of piperazine rings is 1. The minimum Gasteiger partial charge on any atom is -0.478 e. The van der Waals surface area contributed by atoms with Gasteiger partial charge in [-0.3, -0.25) is 4.90 Å². The molecule has 0 bridgehead atoms. The molecule has 1 aromatic carbocycles. The molecule has 0 radical (unpaired) electrons. The largest absolute Gasteiger partial charge is 0.478 e. The summed E-state index contributed by atoms with van der Waals surface area (Å²) in [7, 11) is 4.03. The molecule has 3 rings (SSSR count). The van der Waals surface area contributed by atoms with Crippen LogP contribution in [0, 0.1) is 0 Å². The highest BCUT2D eigenvalue weighted by Crippen LogP contribution is 2.23. The van der Waals surface area contributed by atoms with E-state index in [1.165, 1.54) is 5.56 Å². The molecule has 0 saturated carbocycles. The highest BCUT2D eigenvalue weighted by molar-refractivity contribution is 6.03. The first kappa shape index (κ1) is 14.1. The van der Waals surface area contributed by atoms with E-state index in [1.807, 2.05) is 23.7 Å². The van der Waals surface area contributed by atoms with Crippen LogP contribution in [0.2, 0.25) is 0 Å². The molecule has 0 spiro atoms. The molecule has 2 heterocycles. The lowest BCUT2D eigenvalue weighted by Gasteiger charge is -2.32. The van der Waals surface area contributed by atoms with Crippen LogP contribution in [-0.4, -0.2) is 58.7 Å². The number of aromatic nitrogens is 1. The van der Waals surface area contributed by atoms with E-state index in [0.717, 1.165) is 43.6 Å². The first-order chi connectivity index (χ1) is 10.0. The van der Waals surface area contributed by atoms with Gasteiger partial charge < -0.3 is 14.6 Å². The normalized spacial score (nSPS) is 17.4. The summed E-state index contributed by atoms with van der Waals surface area (Å²) in [5, 5.41) is 10.1. The number of carboxylic acids is 1. The third-order valence-electron chi connectivity index (χ3n) is 4.29. The van der Waals surface area contributed by atoms with Gasteiger partial charge in [0.2, 0.25) is 0 Å². The van der Waals surface area contributed by atoms with E-state index in [0.29, 0.717) is 5.56 Å². The predicted octanol–water partition coefficient (Wildman–Crippen LogP) is 1.62. The van der Waals surface area contributed by atoms with Crippen molar-refractivity contribution in [1.82, 2.24) is 14.4 Å². The molecule has 5 heteroatoms. The summed E-state index contributed by atoms with van der Waals surface area (Å²) in [5.41, 5.74) is 2.53. The molecule has 5 nitrogen and oxygen atoms in total. The van der Waals surface area contributed by atoms with Gasteiger partial charge in [-0.25, -0.2) is 4.79 Å². The molecule has 1 aliphatic heterocycles. The van der Waals surface area contributed by atoms with Gasteiger partial charge in [-0.15, -0.1) is 0 Å². The second-order valence-corrected chi connectivity index (χ2v) is 5.89. The van der Waals surface area contributed by atoms with Gasteiger partial charge >= 0.3 is 5.97 Å². The van der Waals surface area contributed by atoms with Crippen molar-refractivity contribution in [3.05, 3.63) is 35.5 Å². The average molecular weight is 287 g/mol. The summed E-state index contributed by atoms with van der Waals surface area (Å²) < 4.78 is 1.87. The van der Waals surface area contributed by atoms with Gasteiger partial charge in [-0.05, 0) is 24.7 Å². The Morgan fingerprint density at radius 3 is 2.57 bits per heavy atom. The third kappa shape index (κ3) is 2.80. The zero-order valence-electron chi connectivity index (χ0n) is 12.5. The molecule has 1 fully saturated rings. The van der Waals surface area contributed by atoms with Crippen LogP contribution in [0.5, 0.6) is 0 Å². The van der Waals surface area contributed by atoms with Gasteiger partial charge in [-0.2, -0.15) is 0 Å². The molecule has 0 aliphatic carbocycles. The molecule has 0 atom stereocenters. The Balaban J connectivity index is 1.86. The summed E-state index contributed by atoms with van der Waals surface area (Å²) >= 11 is 0. The molecular formula is C16H21N3O2. The van der Waals surface area contributed by atoms with Crippen LogP contribution in [0.1, 0.15) is 15.9 Å². The van der Waals surface area contributed by atoms with Crippen molar-refractivity contribution in [3.63, 3.8) is 0 Å². The first-order valence-electron chi connectivity index (χ1n) is 7.27. The van der Waals surface area contributed by atoms with Crippen LogP contribution in [0.15, 0.2) is 24.4 Å². The maximum Gasteiger partial charge on any atom is 0.337 e. The zero-order chi connectivity index (χ0) is 15.0. The maximum atomic E-state index is 11.3. The molecule has 1 N–H and O–H groups in total. The highest BCUT2D eigenvalue weighted by atomic mass is 16.4. The second kappa shape index (κ2) is 5.50. The van der Waals surface area contributed by atoms with Gasteiger partial charge in [0.15, 0.2) is 0 Å². The van der Waals surface area contributed by atoms with Crippen molar-refractivity contribution in [2.75, 3.05) is 33.2 Å². The smallest absolute Gasteiger partial charge is 0.337 e. The Morgan fingerprint density at radius 1 is 1.19 bits per heavy atom. The van der Waals surface area contributed by atoms with E-state index >= 15 is 0 Å². The van der Waals surface area contributed by atoms with E-state index in [2.05, 4.69) is 22.9 Å². The number of hydrogen-bond acceptors (Lipinski definition) is 3. The number of rotatable bonds is 3. The number of nitrogens with zero attached hydrogens (tertiary/aromatic N) is 3. The van der Waals surface area contributed by atoms with Crippen LogP contribution < -0.4 is 0 Å². The fourth-order valence-corrected chi connectivity index (χ4v) is 2.97. The minimum absolute atomic E-state index is 0.382. The SMILES string of the molecule is CN1CCN(Cc2ccc3c(c2)c(C(=O)O)cn3C)CC1. The number of likely N-dealkylation sites (N-methyl/N-ethyl adjacent to an activating group) is 1. The predicted molar refractivity (Wildman–Crippen MR) is 82.7 cm³/mol. The number of carbonyl (C=O) groups is 1. The quantitative estimate of drug-likeness (QED) is 0.932. The van der Waals surface area contributed by atoms with Gasteiger partial charge in [0.05, 0.1) is 5.56 Å². The van der Waals surface area contributed by atoms with Gasteiger partial charge in [0, 0.05) is 56.9 Å².